The number of nitrogens with zero attached hydrogens (tertiary/aromatic N) is 2. The molecular formula is C9H7BrN2O2. The predicted octanol–water partition coefficient (Wildman–Crippen LogP) is 1.72. The van der Waals surface area contributed by atoms with Crippen LogP contribution < -0.4 is 0 Å². The summed E-state index contributed by atoms with van der Waals surface area (Å²) in [6, 6.07) is 5.57. The van der Waals surface area contributed by atoms with Gasteiger partial charge < -0.3 is 5.11 Å². The minimum atomic E-state index is -0.870. The summed E-state index contributed by atoms with van der Waals surface area (Å²) in [7, 11) is 0. The highest BCUT2D eigenvalue weighted by atomic mass is 79.9. The summed E-state index contributed by atoms with van der Waals surface area (Å²) in [5.41, 5.74) is 1.40. The average molecular weight is 255 g/mol. The number of imidazole rings is 1. The zero-order valence-corrected chi connectivity index (χ0v) is 8.73. The maximum absolute atomic E-state index is 10.5. The fourth-order valence-electron chi connectivity index (χ4n) is 1.32. The number of aromatic nitrogens is 2. The van der Waals surface area contributed by atoms with Gasteiger partial charge in [0.2, 0.25) is 0 Å². The van der Waals surface area contributed by atoms with Crippen LogP contribution in [0.15, 0.2) is 29.1 Å². The van der Waals surface area contributed by atoms with Crippen LogP contribution in [-0.4, -0.2) is 20.5 Å². The third kappa shape index (κ3) is 1.50. The van der Waals surface area contributed by atoms with Gasteiger partial charge >= 0.3 is 5.97 Å². The van der Waals surface area contributed by atoms with Gasteiger partial charge in [-0.15, -0.1) is 0 Å². The molecule has 0 aliphatic carbocycles. The van der Waals surface area contributed by atoms with Crippen molar-refractivity contribution in [1.29, 1.82) is 0 Å². The Balaban J connectivity index is 2.58. The molecule has 2 heterocycles. The van der Waals surface area contributed by atoms with E-state index in [1.165, 1.54) is 0 Å². The summed E-state index contributed by atoms with van der Waals surface area (Å²) in [5.74, 6) is -0.870. The molecule has 2 aromatic heterocycles. The second-order valence-corrected chi connectivity index (χ2v) is 3.68. The molecule has 2 aromatic rings. The molecule has 0 saturated heterocycles. The third-order valence-corrected chi connectivity index (χ3v) is 2.57. The second kappa shape index (κ2) is 3.42. The van der Waals surface area contributed by atoms with Gasteiger partial charge in [-0.2, -0.15) is 0 Å². The number of carbonyl (C=O) groups is 1. The van der Waals surface area contributed by atoms with Crippen LogP contribution in [0.4, 0.5) is 0 Å². The zero-order valence-electron chi connectivity index (χ0n) is 7.14. The molecule has 0 aliphatic heterocycles. The standard InChI is InChI=1S/C9H7BrN2O2/c10-8-3-1-2-7-6(4-9(13)14)11-5-12(7)8/h1-3,5H,4H2,(H,13,14). The molecule has 0 atom stereocenters. The lowest BCUT2D eigenvalue weighted by Gasteiger charge is -1.97. The van der Waals surface area contributed by atoms with E-state index in [-0.39, 0.29) is 6.42 Å². The molecule has 0 aliphatic rings. The number of carboxylic acids is 1. The molecule has 0 saturated carbocycles. The van der Waals surface area contributed by atoms with E-state index in [1.54, 1.807) is 10.7 Å². The van der Waals surface area contributed by atoms with Crippen molar-refractivity contribution in [2.75, 3.05) is 0 Å². The first-order valence-corrected chi connectivity index (χ1v) is 4.80. The number of hydrogen-bond acceptors (Lipinski definition) is 2. The second-order valence-electron chi connectivity index (χ2n) is 2.87. The van der Waals surface area contributed by atoms with Crippen LogP contribution in [0, 0.1) is 0 Å². The van der Waals surface area contributed by atoms with Gasteiger partial charge in [-0.25, -0.2) is 4.98 Å². The van der Waals surface area contributed by atoms with Gasteiger partial charge in [0.15, 0.2) is 0 Å². The molecule has 4 nitrogen and oxygen atoms in total. The number of carboxylic acid groups (broad SMARTS) is 1. The normalized spacial score (nSPS) is 10.6. The first kappa shape index (κ1) is 9.21. The van der Waals surface area contributed by atoms with Gasteiger partial charge in [-0.3, -0.25) is 9.20 Å². The Morgan fingerprint density at radius 1 is 1.57 bits per heavy atom. The first-order valence-electron chi connectivity index (χ1n) is 4.01. The van der Waals surface area contributed by atoms with Crippen molar-refractivity contribution in [3.63, 3.8) is 0 Å². The summed E-state index contributed by atoms with van der Waals surface area (Å²) in [6.07, 6.45) is 1.56. The van der Waals surface area contributed by atoms with Crippen LogP contribution in [-0.2, 0) is 11.2 Å². The number of fused-ring (bicyclic) bond motifs is 1. The topological polar surface area (TPSA) is 54.6 Å². The van der Waals surface area contributed by atoms with Crippen molar-refractivity contribution < 1.29 is 9.90 Å². The number of hydrogen-bond donors (Lipinski definition) is 1. The number of aliphatic carboxylic acids is 1. The van der Waals surface area contributed by atoms with E-state index < -0.39 is 5.97 Å². The van der Waals surface area contributed by atoms with Crippen LogP contribution >= 0.6 is 15.9 Å². The maximum atomic E-state index is 10.5. The van der Waals surface area contributed by atoms with Crippen LogP contribution in [0.1, 0.15) is 5.69 Å². The van der Waals surface area contributed by atoms with Gasteiger partial charge in [0, 0.05) is 0 Å². The zero-order chi connectivity index (χ0) is 10.1. The van der Waals surface area contributed by atoms with Gasteiger partial charge in [-0.05, 0) is 28.1 Å². The molecule has 0 fully saturated rings. The van der Waals surface area contributed by atoms with Crippen LogP contribution in [0.5, 0.6) is 0 Å². The Labute approximate surface area is 88.3 Å². The van der Waals surface area contributed by atoms with Gasteiger partial charge in [0.05, 0.1) is 22.2 Å². The monoisotopic (exact) mass is 254 g/mol. The molecule has 5 heteroatoms. The van der Waals surface area contributed by atoms with E-state index in [9.17, 15) is 4.79 Å². The highest BCUT2D eigenvalue weighted by molar-refractivity contribution is 9.10. The van der Waals surface area contributed by atoms with E-state index in [4.69, 9.17) is 5.11 Å². The van der Waals surface area contributed by atoms with Crippen molar-refractivity contribution >= 4 is 27.4 Å². The molecule has 2 rings (SSSR count). The van der Waals surface area contributed by atoms with Gasteiger partial charge in [0.1, 0.15) is 6.33 Å². The van der Waals surface area contributed by atoms with E-state index in [0.717, 1.165) is 10.1 Å². The van der Waals surface area contributed by atoms with Crippen LogP contribution in [0.3, 0.4) is 0 Å². The maximum Gasteiger partial charge on any atom is 0.309 e. The third-order valence-electron chi connectivity index (χ3n) is 1.92. The van der Waals surface area contributed by atoms with Crippen molar-refractivity contribution in [2.24, 2.45) is 0 Å². The van der Waals surface area contributed by atoms with E-state index >= 15 is 0 Å². The molecule has 14 heavy (non-hydrogen) atoms. The molecule has 0 aromatic carbocycles. The number of pyridine rings is 1. The number of rotatable bonds is 2. The van der Waals surface area contributed by atoms with Crippen LogP contribution in [0.2, 0.25) is 0 Å². The Morgan fingerprint density at radius 2 is 2.36 bits per heavy atom. The molecule has 1 N–H and O–H groups in total. The largest absolute Gasteiger partial charge is 0.481 e. The SMILES string of the molecule is O=C(O)Cc1ncn2c(Br)cccc12. The van der Waals surface area contributed by atoms with Crippen molar-refractivity contribution in [3.05, 3.63) is 34.8 Å². The Hall–Kier alpha value is -1.36. The highest BCUT2D eigenvalue weighted by Crippen LogP contribution is 2.16. The quantitative estimate of drug-likeness (QED) is 0.831. The molecule has 0 unspecified atom stereocenters. The molecule has 0 amide bonds. The summed E-state index contributed by atoms with van der Waals surface area (Å²) in [5, 5.41) is 8.65. The smallest absolute Gasteiger partial charge is 0.309 e. The number of halogens is 1. The first-order chi connectivity index (χ1) is 6.68. The van der Waals surface area contributed by atoms with Crippen LogP contribution in [0.25, 0.3) is 5.52 Å². The molecular weight excluding hydrogens is 248 g/mol. The highest BCUT2D eigenvalue weighted by Gasteiger charge is 2.08. The molecule has 72 valence electrons. The minimum absolute atomic E-state index is 0.0487. The fraction of sp³-hybridized carbons (Fsp3) is 0.111. The van der Waals surface area contributed by atoms with E-state index in [2.05, 4.69) is 20.9 Å². The summed E-state index contributed by atoms with van der Waals surface area (Å²) in [6.45, 7) is 0. The van der Waals surface area contributed by atoms with Gasteiger partial charge in [-0.1, -0.05) is 6.07 Å². The minimum Gasteiger partial charge on any atom is -0.481 e. The van der Waals surface area contributed by atoms with Crippen molar-refractivity contribution in [1.82, 2.24) is 9.38 Å². The lowest BCUT2D eigenvalue weighted by molar-refractivity contribution is -0.136. The summed E-state index contributed by atoms with van der Waals surface area (Å²) < 4.78 is 2.66. The van der Waals surface area contributed by atoms with E-state index in [0.29, 0.717) is 5.69 Å². The average Bonchev–Trinajstić information content (AvgIpc) is 2.49. The Morgan fingerprint density at radius 3 is 3.07 bits per heavy atom. The van der Waals surface area contributed by atoms with Crippen molar-refractivity contribution in [2.45, 2.75) is 6.42 Å². The van der Waals surface area contributed by atoms with Crippen molar-refractivity contribution in [3.8, 4) is 0 Å². The molecule has 0 spiro atoms. The summed E-state index contributed by atoms with van der Waals surface area (Å²) >= 11 is 3.35. The lowest BCUT2D eigenvalue weighted by atomic mass is 10.2. The lowest BCUT2D eigenvalue weighted by Crippen LogP contribution is -2.00. The molecule has 0 bridgehead atoms. The Bertz CT molecular complexity index is 493. The molecule has 0 radical (unpaired) electrons. The fourth-order valence-corrected chi connectivity index (χ4v) is 1.76. The predicted molar refractivity (Wildman–Crippen MR) is 54.2 cm³/mol. The van der Waals surface area contributed by atoms with Gasteiger partial charge in [0.25, 0.3) is 0 Å². The Kier molecular flexibility index (Phi) is 2.25. The van der Waals surface area contributed by atoms with E-state index in [1.807, 2.05) is 18.2 Å². The summed E-state index contributed by atoms with van der Waals surface area (Å²) in [4.78, 5) is 14.6.